The van der Waals surface area contributed by atoms with Crippen LogP contribution in [0, 0.1) is 0 Å². The molecule has 0 radical (unpaired) electrons. The van der Waals surface area contributed by atoms with E-state index >= 15 is 0 Å². The van der Waals surface area contributed by atoms with Crippen LogP contribution < -0.4 is 14.2 Å². The smallest absolute Gasteiger partial charge is 0.163 e. The van der Waals surface area contributed by atoms with Crippen molar-refractivity contribution in [1.29, 1.82) is 0 Å². The Morgan fingerprint density at radius 1 is 0.846 bits per heavy atom. The van der Waals surface area contributed by atoms with Gasteiger partial charge < -0.3 is 14.2 Å². The van der Waals surface area contributed by atoms with Crippen LogP contribution in [-0.2, 0) is 0 Å². The van der Waals surface area contributed by atoms with Gasteiger partial charge in [0.1, 0.15) is 17.2 Å². The van der Waals surface area contributed by atoms with E-state index in [2.05, 4.69) is 13.8 Å². The number of hydrogen-bond acceptors (Lipinski definition) is 5. The quantitative estimate of drug-likeness (QED) is 0.668. The molecule has 0 saturated heterocycles. The maximum absolute atomic E-state index is 5.40. The maximum Gasteiger partial charge on any atom is 0.163 e. The van der Waals surface area contributed by atoms with Crippen molar-refractivity contribution >= 4 is 0 Å². The summed E-state index contributed by atoms with van der Waals surface area (Å²) in [5.74, 6) is 3.85. The number of hydrogen-bond donors (Lipinski definition) is 0. The molecule has 6 nitrogen and oxygen atoms in total. The van der Waals surface area contributed by atoms with Gasteiger partial charge in [0.2, 0.25) is 0 Å². The van der Waals surface area contributed by atoms with Gasteiger partial charge >= 0.3 is 0 Å². The zero-order chi connectivity index (χ0) is 18.7. The number of nitrogens with zero attached hydrogens (tertiary/aromatic N) is 3. The van der Waals surface area contributed by atoms with Gasteiger partial charge in [0.25, 0.3) is 0 Å². The van der Waals surface area contributed by atoms with Gasteiger partial charge in [-0.25, -0.2) is 9.67 Å². The fourth-order valence-corrected chi connectivity index (χ4v) is 2.62. The molecule has 0 aliphatic heterocycles. The van der Waals surface area contributed by atoms with Crippen LogP contribution in [-0.4, -0.2) is 36.1 Å². The molecule has 0 saturated carbocycles. The summed E-state index contributed by atoms with van der Waals surface area (Å²) in [6.45, 7) is 4.14. The minimum atomic E-state index is 0.202. The van der Waals surface area contributed by atoms with Gasteiger partial charge in [-0.3, -0.25) is 0 Å². The number of methoxy groups -OCH3 is 3. The summed E-state index contributed by atoms with van der Waals surface area (Å²) >= 11 is 0. The second-order valence-electron chi connectivity index (χ2n) is 6.16. The summed E-state index contributed by atoms with van der Waals surface area (Å²) in [7, 11) is 4.91. The Hall–Kier alpha value is -3.02. The Morgan fingerprint density at radius 3 is 2.08 bits per heavy atom. The Bertz CT molecular complexity index is 881. The molecule has 1 aromatic heterocycles. The van der Waals surface area contributed by atoms with E-state index in [1.165, 1.54) is 0 Å². The zero-order valence-electron chi connectivity index (χ0n) is 15.7. The highest BCUT2D eigenvalue weighted by Crippen LogP contribution is 2.31. The Morgan fingerprint density at radius 2 is 1.50 bits per heavy atom. The monoisotopic (exact) mass is 353 g/mol. The summed E-state index contributed by atoms with van der Waals surface area (Å²) in [6, 6.07) is 13.4. The molecule has 0 N–H and O–H groups in total. The van der Waals surface area contributed by atoms with E-state index < -0.39 is 0 Å². The summed E-state index contributed by atoms with van der Waals surface area (Å²) < 4.78 is 18.0. The molecule has 0 bridgehead atoms. The first-order valence-corrected chi connectivity index (χ1v) is 8.40. The van der Waals surface area contributed by atoms with Gasteiger partial charge in [-0.05, 0) is 24.3 Å². The normalized spacial score (nSPS) is 10.8. The van der Waals surface area contributed by atoms with E-state index in [1.54, 1.807) is 21.3 Å². The minimum Gasteiger partial charge on any atom is -0.497 e. The number of benzene rings is 2. The average molecular weight is 353 g/mol. The summed E-state index contributed by atoms with van der Waals surface area (Å²) in [6.07, 6.45) is 0. The fraction of sp³-hybridized carbons (Fsp3) is 0.300. The molecule has 2 aromatic carbocycles. The van der Waals surface area contributed by atoms with Gasteiger partial charge in [-0.1, -0.05) is 19.9 Å². The molecule has 0 amide bonds. The summed E-state index contributed by atoms with van der Waals surface area (Å²) in [5, 5.41) is 4.71. The lowest BCUT2D eigenvalue weighted by Crippen LogP contribution is -2.01. The fourth-order valence-electron chi connectivity index (χ4n) is 2.62. The lowest BCUT2D eigenvalue weighted by atomic mass is 10.1. The standard InChI is InChI=1S/C20H23N3O3/c1-13(2)19-21-20(14-9-17(25-4)12-18(10-14)26-5)23(22-19)15-7-6-8-16(11-15)24-3/h6-13H,1-5H3. The van der Waals surface area contributed by atoms with E-state index in [0.29, 0.717) is 11.5 Å². The van der Waals surface area contributed by atoms with Crippen molar-refractivity contribution in [1.82, 2.24) is 14.8 Å². The van der Waals surface area contributed by atoms with Gasteiger partial charge in [-0.2, -0.15) is 5.10 Å². The van der Waals surface area contributed by atoms with E-state index in [1.807, 2.05) is 47.1 Å². The molecule has 1 heterocycles. The highest BCUT2D eigenvalue weighted by Gasteiger charge is 2.17. The molecule has 6 heteroatoms. The van der Waals surface area contributed by atoms with Crippen LogP contribution in [0.5, 0.6) is 17.2 Å². The van der Waals surface area contributed by atoms with Crippen LogP contribution in [0.4, 0.5) is 0 Å². The number of rotatable bonds is 6. The van der Waals surface area contributed by atoms with Crippen molar-refractivity contribution in [2.45, 2.75) is 19.8 Å². The SMILES string of the molecule is COc1cc(OC)cc(-c2nc(C(C)C)nn2-c2cccc(OC)c2)c1. The van der Waals surface area contributed by atoms with E-state index in [9.17, 15) is 0 Å². The second kappa shape index (κ2) is 7.47. The van der Waals surface area contributed by atoms with Gasteiger partial charge in [0.15, 0.2) is 11.6 Å². The van der Waals surface area contributed by atoms with Crippen LogP contribution in [0.15, 0.2) is 42.5 Å². The number of ether oxygens (including phenoxy) is 3. The van der Waals surface area contributed by atoms with E-state index in [0.717, 1.165) is 28.6 Å². The first-order valence-electron chi connectivity index (χ1n) is 8.40. The molecule has 3 aromatic rings. The Balaban J connectivity index is 2.20. The molecule has 0 fully saturated rings. The highest BCUT2D eigenvalue weighted by molar-refractivity contribution is 5.63. The van der Waals surface area contributed by atoms with Crippen molar-refractivity contribution in [3.63, 3.8) is 0 Å². The third kappa shape index (κ3) is 3.49. The van der Waals surface area contributed by atoms with Crippen molar-refractivity contribution in [3.8, 4) is 34.3 Å². The second-order valence-corrected chi connectivity index (χ2v) is 6.16. The van der Waals surface area contributed by atoms with Crippen molar-refractivity contribution in [2.75, 3.05) is 21.3 Å². The molecule has 26 heavy (non-hydrogen) atoms. The molecule has 3 rings (SSSR count). The Kier molecular flexibility index (Phi) is 5.11. The first-order chi connectivity index (χ1) is 12.5. The summed E-state index contributed by atoms with van der Waals surface area (Å²) in [5.41, 5.74) is 1.74. The van der Waals surface area contributed by atoms with Crippen molar-refractivity contribution in [2.24, 2.45) is 0 Å². The highest BCUT2D eigenvalue weighted by atomic mass is 16.5. The molecule has 0 aliphatic carbocycles. The van der Waals surface area contributed by atoms with Gasteiger partial charge in [-0.15, -0.1) is 0 Å². The van der Waals surface area contributed by atoms with Gasteiger partial charge in [0.05, 0.1) is 27.0 Å². The van der Waals surface area contributed by atoms with Crippen molar-refractivity contribution in [3.05, 3.63) is 48.3 Å². The summed E-state index contributed by atoms with van der Waals surface area (Å²) in [4.78, 5) is 4.76. The van der Waals surface area contributed by atoms with E-state index in [4.69, 9.17) is 24.3 Å². The average Bonchev–Trinajstić information content (AvgIpc) is 3.13. The predicted octanol–water partition coefficient (Wildman–Crippen LogP) is 4.08. The third-order valence-corrected chi connectivity index (χ3v) is 4.05. The molecule has 0 aliphatic rings. The Labute approximate surface area is 153 Å². The van der Waals surface area contributed by atoms with Crippen LogP contribution in [0.2, 0.25) is 0 Å². The predicted molar refractivity (Wildman–Crippen MR) is 101 cm³/mol. The maximum atomic E-state index is 5.40. The molecule has 0 unspecified atom stereocenters. The first kappa shape index (κ1) is 17.8. The van der Waals surface area contributed by atoms with E-state index in [-0.39, 0.29) is 5.92 Å². The topological polar surface area (TPSA) is 58.4 Å². The molecular formula is C20H23N3O3. The molecule has 0 spiro atoms. The minimum absolute atomic E-state index is 0.202. The molecule has 0 atom stereocenters. The lowest BCUT2D eigenvalue weighted by Gasteiger charge is -2.10. The molecule has 136 valence electrons. The van der Waals surface area contributed by atoms with Crippen LogP contribution in [0.1, 0.15) is 25.6 Å². The third-order valence-electron chi connectivity index (χ3n) is 4.05. The van der Waals surface area contributed by atoms with Crippen molar-refractivity contribution < 1.29 is 14.2 Å². The zero-order valence-corrected chi connectivity index (χ0v) is 15.7. The van der Waals surface area contributed by atoms with Crippen LogP contribution in [0.25, 0.3) is 17.1 Å². The lowest BCUT2D eigenvalue weighted by molar-refractivity contribution is 0.394. The number of aromatic nitrogens is 3. The largest absolute Gasteiger partial charge is 0.497 e. The van der Waals surface area contributed by atoms with Gasteiger partial charge in [0, 0.05) is 23.6 Å². The van der Waals surface area contributed by atoms with Crippen LogP contribution >= 0.6 is 0 Å². The molecular weight excluding hydrogens is 330 g/mol. The van der Waals surface area contributed by atoms with Crippen LogP contribution in [0.3, 0.4) is 0 Å².